The van der Waals surface area contributed by atoms with Gasteiger partial charge in [0.25, 0.3) is 5.91 Å². The molecule has 0 bridgehead atoms. The van der Waals surface area contributed by atoms with Gasteiger partial charge in [-0.3, -0.25) is 9.59 Å². The van der Waals surface area contributed by atoms with E-state index in [9.17, 15) is 14.0 Å². The lowest BCUT2D eigenvalue weighted by molar-refractivity contribution is -0.147. The molecule has 0 spiro atoms. The van der Waals surface area contributed by atoms with E-state index in [1.165, 1.54) is 24.3 Å². The van der Waals surface area contributed by atoms with Gasteiger partial charge in [-0.15, -0.1) is 0 Å². The molecule has 1 N–H and O–H groups in total. The summed E-state index contributed by atoms with van der Waals surface area (Å²) in [4.78, 5) is 24.3. The van der Waals surface area contributed by atoms with E-state index in [0.717, 1.165) is 5.56 Å². The predicted octanol–water partition coefficient (Wildman–Crippen LogP) is 3.64. The largest absolute Gasteiger partial charge is 0.463 e. The molecule has 0 saturated heterocycles. The van der Waals surface area contributed by atoms with Gasteiger partial charge in [0.05, 0.1) is 18.6 Å². The van der Waals surface area contributed by atoms with E-state index in [1.54, 1.807) is 13.8 Å². The zero-order chi connectivity index (χ0) is 17.5. The van der Waals surface area contributed by atoms with Gasteiger partial charge in [0.2, 0.25) is 0 Å². The van der Waals surface area contributed by atoms with Crippen molar-refractivity contribution in [2.45, 2.75) is 32.4 Å². The van der Waals surface area contributed by atoms with Gasteiger partial charge in [0, 0.05) is 5.56 Å². The van der Waals surface area contributed by atoms with Crippen LogP contribution in [0.5, 0.6) is 0 Å². The molecule has 0 fully saturated rings. The Morgan fingerprint density at radius 2 is 1.67 bits per heavy atom. The number of hydrogen-bond donors (Lipinski definition) is 1. The summed E-state index contributed by atoms with van der Waals surface area (Å²) in [5.74, 6) is -1.17. The number of esters is 1. The molecule has 4 nitrogen and oxygen atoms in total. The number of benzene rings is 2. The van der Waals surface area contributed by atoms with Crippen molar-refractivity contribution in [1.29, 1.82) is 0 Å². The third kappa shape index (κ3) is 5.19. The first kappa shape index (κ1) is 17.7. The highest BCUT2D eigenvalue weighted by Gasteiger charge is 2.20. The Morgan fingerprint density at radius 3 is 2.25 bits per heavy atom. The van der Waals surface area contributed by atoms with Gasteiger partial charge in [-0.25, -0.2) is 4.39 Å². The molecule has 1 atom stereocenters. The number of rotatable bonds is 6. The average Bonchev–Trinajstić information content (AvgIpc) is 2.55. The molecule has 0 saturated carbocycles. The summed E-state index contributed by atoms with van der Waals surface area (Å²) in [6.07, 6.45) is -0.198. The molecule has 1 unspecified atom stereocenters. The minimum Gasteiger partial charge on any atom is -0.463 e. The molecular formula is C19H20FNO3. The highest BCUT2D eigenvalue weighted by atomic mass is 19.1. The molecule has 0 aliphatic carbocycles. The smallest absolute Gasteiger partial charge is 0.308 e. The van der Waals surface area contributed by atoms with Gasteiger partial charge in [-0.05, 0) is 43.7 Å². The molecule has 2 aromatic carbocycles. The highest BCUT2D eigenvalue weighted by molar-refractivity contribution is 5.94. The molecule has 0 aliphatic rings. The maximum atomic E-state index is 13.0. The second-order valence-corrected chi connectivity index (χ2v) is 5.69. The molecule has 5 heteroatoms. The SMILES string of the molecule is CC(C)OC(=O)CC(NC(=O)c1ccc(F)cc1)c1ccccc1. The fourth-order valence-corrected chi connectivity index (χ4v) is 2.26. The first-order valence-corrected chi connectivity index (χ1v) is 7.76. The maximum Gasteiger partial charge on any atom is 0.308 e. The van der Waals surface area contributed by atoms with Gasteiger partial charge in [0.15, 0.2) is 0 Å². The Bertz CT molecular complexity index is 684. The number of halogens is 1. The van der Waals surface area contributed by atoms with Crippen LogP contribution in [0.3, 0.4) is 0 Å². The van der Waals surface area contributed by atoms with Crippen LogP contribution in [0, 0.1) is 5.82 Å². The van der Waals surface area contributed by atoms with Crippen LogP contribution < -0.4 is 5.32 Å². The zero-order valence-corrected chi connectivity index (χ0v) is 13.7. The molecule has 126 valence electrons. The summed E-state index contributed by atoms with van der Waals surface area (Å²) in [5, 5.41) is 2.81. The van der Waals surface area contributed by atoms with E-state index in [2.05, 4.69) is 5.32 Å². The summed E-state index contributed by atoms with van der Waals surface area (Å²) < 4.78 is 18.1. The first-order valence-electron chi connectivity index (χ1n) is 7.76. The average molecular weight is 329 g/mol. The minimum atomic E-state index is -0.519. The van der Waals surface area contributed by atoms with Crippen LogP contribution in [-0.4, -0.2) is 18.0 Å². The van der Waals surface area contributed by atoms with Gasteiger partial charge < -0.3 is 10.1 Å². The van der Waals surface area contributed by atoms with Crippen molar-refractivity contribution >= 4 is 11.9 Å². The lowest BCUT2D eigenvalue weighted by Gasteiger charge is -2.19. The monoisotopic (exact) mass is 329 g/mol. The van der Waals surface area contributed by atoms with Crippen molar-refractivity contribution in [3.05, 3.63) is 71.5 Å². The van der Waals surface area contributed by atoms with E-state index < -0.39 is 17.8 Å². The van der Waals surface area contributed by atoms with Gasteiger partial charge in [-0.2, -0.15) is 0 Å². The number of amides is 1. The second-order valence-electron chi connectivity index (χ2n) is 5.69. The van der Waals surface area contributed by atoms with Crippen molar-refractivity contribution < 1.29 is 18.7 Å². The lowest BCUT2D eigenvalue weighted by Crippen LogP contribution is -2.31. The van der Waals surface area contributed by atoms with E-state index in [1.807, 2.05) is 30.3 Å². The van der Waals surface area contributed by atoms with E-state index in [-0.39, 0.29) is 18.4 Å². The molecular weight excluding hydrogens is 309 g/mol. The van der Waals surface area contributed by atoms with E-state index in [0.29, 0.717) is 5.56 Å². The van der Waals surface area contributed by atoms with Gasteiger partial charge in [0.1, 0.15) is 5.82 Å². The normalized spacial score (nSPS) is 11.8. The third-order valence-corrected chi connectivity index (χ3v) is 3.35. The van der Waals surface area contributed by atoms with Crippen molar-refractivity contribution in [3.8, 4) is 0 Å². The number of hydrogen-bond acceptors (Lipinski definition) is 3. The Kier molecular flexibility index (Phi) is 6.07. The Labute approximate surface area is 140 Å². The van der Waals surface area contributed by atoms with Crippen molar-refractivity contribution in [1.82, 2.24) is 5.32 Å². The zero-order valence-electron chi connectivity index (χ0n) is 13.7. The molecule has 1 amide bonds. The fourth-order valence-electron chi connectivity index (χ4n) is 2.26. The molecule has 0 aromatic heterocycles. The summed E-state index contributed by atoms with van der Waals surface area (Å²) in [6, 6.07) is 13.9. The maximum absolute atomic E-state index is 13.0. The number of carbonyl (C=O) groups excluding carboxylic acids is 2. The Morgan fingerprint density at radius 1 is 1.04 bits per heavy atom. The van der Waals surface area contributed by atoms with Crippen LogP contribution in [0.25, 0.3) is 0 Å². The number of ether oxygens (including phenoxy) is 1. The molecule has 0 radical (unpaired) electrons. The minimum absolute atomic E-state index is 0.0229. The Balaban J connectivity index is 2.15. The van der Waals surface area contributed by atoms with Gasteiger partial charge >= 0.3 is 5.97 Å². The summed E-state index contributed by atoms with van der Waals surface area (Å²) >= 11 is 0. The quantitative estimate of drug-likeness (QED) is 0.823. The predicted molar refractivity (Wildman–Crippen MR) is 88.9 cm³/mol. The van der Waals surface area contributed by atoms with Crippen LogP contribution >= 0.6 is 0 Å². The van der Waals surface area contributed by atoms with Crippen LogP contribution in [0.2, 0.25) is 0 Å². The molecule has 2 rings (SSSR count). The number of nitrogens with one attached hydrogen (secondary N) is 1. The van der Waals surface area contributed by atoms with Crippen molar-refractivity contribution in [3.63, 3.8) is 0 Å². The van der Waals surface area contributed by atoms with Crippen LogP contribution in [0.15, 0.2) is 54.6 Å². The fraction of sp³-hybridized carbons (Fsp3) is 0.263. The van der Waals surface area contributed by atoms with Crippen molar-refractivity contribution in [2.24, 2.45) is 0 Å². The molecule has 0 aliphatic heterocycles. The summed E-state index contributed by atoms with van der Waals surface area (Å²) in [6.45, 7) is 3.54. The molecule has 24 heavy (non-hydrogen) atoms. The van der Waals surface area contributed by atoms with Crippen LogP contribution in [0.4, 0.5) is 4.39 Å². The van der Waals surface area contributed by atoms with E-state index in [4.69, 9.17) is 4.74 Å². The first-order chi connectivity index (χ1) is 11.5. The highest BCUT2D eigenvalue weighted by Crippen LogP contribution is 2.18. The number of carbonyl (C=O) groups is 2. The van der Waals surface area contributed by atoms with Crippen LogP contribution in [-0.2, 0) is 9.53 Å². The standard InChI is InChI=1S/C19H20FNO3/c1-13(2)24-18(22)12-17(14-6-4-3-5-7-14)21-19(23)15-8-10-16(20)11-9-15/h3-11,13,17H,12H2,1-2H3,(H,21,23). The third-order valence-electron chi connectivity index (χ3n) is 3.35. The molecule has 2 aromatic rings. The lowest BCUT2D eigenvalue weighted by atomic mass is 10.0. The van der Waals surface area contributed by atoms with Crippen molar-refractivity contribution in [2.75, 3.05) is 0 Å². The van der Waals surface area contributed by atoms with Gasteiger partial charge in [-0.1, -0.05) is 30.3 Å². The Hall–Kier alpha value is -2.69. The topological polar surface area (TPSA) is 55.4 Å². The van der Waals surface area contributed by atoms with Crippen LogP contribution in [0.1, 0.15) is 42.2 Å². The summed E-state index contributed by atoms with van der Waals surface area (Å²) in [7, 11) is 0. The summed E-state index contributed by atoms with van der Waals surface area (Å²) in [5.41, 5.74) is 1.13. The van der Waals surface area contributed by atoms with E-state index >= 15 is 0 Å². The molecule has 0 heterocycles. The second kappa shape index (κ2) is 8.24.